The van der Waals surface area contributed by atoms with Crippen molar-refractivity contribution in [3.8, 4) is 11.3 Å². The number of H-pyrrole nitrogens is 1. The molecule has 0 saturated carbocycles. The van der Waals surface area contributed by atoms with Gasteiger partial charge >= 0.3 is 0 Å². The van der Waals surface area contributed by atoms with Gasteiger partial charge in [0.25, 0.3) is 17.4 Å². The fraction of sp³-hybridized carbons (Fsp3) is 0.406. The predicted molar refractivity (Wildman–Crippen MR) is 169 cm³/mol. The van der Waals surface area contributed by atoms with Gasteiger partial charge in [0, 0.05) is 60.5 Å². The number of amides is 1. The number of carbonyl (C=O) groups is 1. The van der Waals surface area contributed by atoms with E-state index in [1.807, 2.05) is 20.9 Å². The zero-order valence-corrected chi connectivity index (χ0v) is 26.4. The zero-order valence-electron chi connectivity index (χ0n) is 25.5. The Morgan fingerprint density at radius 3 is 2.70 bits per heavy atom. The van der Waals surface area contributed by atoms with Crippen LogP contribution in [0.1, 0.15) is 58.8 Å². The second kappa shape index (κ2) is 12.6. The summed E-state index contributed by atoms with van der Waals surface area (Å²) < 4.78 is 43.8. The van der Waals surface area contributed by atoms with E-state index in [0.717, 1.165) is 54.4 Å². The number of halogens is 3. The van der Waals surface area contributed by atoms with Crippen LogP contribution in [0.5, 0.6) is 0 Å². The Labute approximate surface area is 258 Å². The van der Waals surface area contributed by atoms with Crippen LogP contribution >= 0.6 is 11.3 Å². The first kappa shape index (κ1) is 31.5. The third-order valence-corrected chi connectivity index (χ3v) is 9.56. The van der Waals surface area contributed by atoms with Crippen LogP contribution in [0.3, 0.4) is 0 Å². The number of rotatable bonds is 7. The maximum Gasteiger partial charge on any atom is 0.287 e. The van der Waals surface area contributed by atoms with Crippen molar-refractivity contribution in [1.82, 2.24) is 20.0 Å². The van der Waals surface area contributed by atoms with Gasteiger partial charge in [-0.25, -0.2) is 18.3 Å². The molecule has 0 bridgehead atoms. The molecule has 1 aliphatic carbocycles. The van der Waals surface area contributed by atoms with Gasteiger partial charge in [-0.15, -0.1) is 11.3 Å². The van der Waals surface area contributed by atoms with E-state index in [9.17, 15) is 18.4 Å². The largest absolute Gasteiger partial charge is 0.375 e. The van der Waals surface area contributed by atoms with Gasteiger partial charge in [0.1, 0.15) is 11.5 Å². The number of piperazine rings is 1. The molecular formula is C32H37F3N6O2S. The molecule has 0 atom stereocenters. The van der Waals surface area contributed by atoms with Gasteiger partial charge in [-0.2, -0.15) is 5.10 Å². The van der Waals surface area contributed by atoms with E-state index >= 15 is 4.39 Å². The van der Waals surface area contributed by atoms with Gasteiger partial charge in [-0.3, -0.25) is 14.5 Å². The van der Waals surface area contributed by atoms with Crippen LogP contribution in [0, 0.1) is 12.7 Å². The maximum atomic E-state index is 15.1. The number of aromatic amines is 1. The van der Waals surface area contributed by atoms with E-state index in [4.69, 9.17) is 0 Å². The third kappa shape index (κ3) is 6.46. The first-order valence-electron chi connectivity index (χ1n) is 14.7. The van der Waals surface area contributed by atoms with Gasteiger partial charge in [0.2, 0.25) is 0 Å². The third-order valence-electron chi connectivity index (χ3n) is 8.36. The van der Waals surface area contributed by atoms with Crippen molar-refractivity contribution in [2.45, 2.75) is 52.4 Å². The number of carbonyl (C=O) groups excluding carboxylic acids is 1. The summed E-state index contributed by atoms with van der Waals surface area (Å²) in [7, 11) is 4.11. The number of hydrogen-bond donors (Lipinski definition) is 3. The molecular weight excluding hydrogens is 589 g/mol. The molecule has 1 amide bonds. The zero-order chi connectivity index (χ0) is 31.8. The summed E-state index contributed by atoms with van der Waals surface area (Å²) in [4.78, 5) is 31.0. The first-order valence-corrected chi connectivity index (χ1v) is 15.5. The summed E-state index contributed by atoms with van der Waals surface area (Å²) in [6, 6.07) is 5.54. The van der Waals surface area contributed by atoms with Crippen LogP contribution in [0.15, 0.2) is 52.1 Å². The molecule has 44 heavy (non-hydrogen) atoms. The Bertz CT molecular complexity index is 1710. The number of anilines is 2. The Morgan fingerprint density at radius 2 is 1.98 bits per heavy atom. The Hall–Kier alpha value is -3.90. The number of aromatic nitrogens is 2. The van der Waals surface area contributed by atoms with Crippen LogP contribution < -0.4 is 16.2 Å². The van der Waals surface area contributed by atoms with Crippen molar-refractivity contribution in [2.75, 3.05) is 44.4 Å². The van der Waals surface area contributed by atoms with E-state index in [-0.39, 0.29) is 28.2 Å². The molecule has 1 aliphatic heterocycles. The summed E-state index contributed by atoms with van der Waals surface area (Å²) in [5.74, 6) is -4.31. The maximum absolute atomic E-state index is 15.1. The molecule has 3 heterocycles. The van der Waals surface area contributed by atoms with Crippen molar-refractivity contribution in [2.24, 2.45) is 0 Å². The average molecular weight is 627 g/mol. The van der Waals surface area contributed by atoms with Gasteiger partial charge in [0.15, 0.2) is 0 Å². The van der Waals surface area contributed by atoms with Crippen molar-refractivity contribution in [3.63, 3.8) is 0 Å². The van der Waals surface area contributed by atoms with Crippen molar-refractivity contribution in [1.29, 1.82) is 0 Å². The summed E-state index contributed by atoms with van der Waals surface area (Å²) >= 11 is 1.01. The summed E-state index contributed by atoms with van der Waals surface area (Å²) in [5.41, 5.74) is 3.86. The number of aryl methyl sites for hydroxylation is 1. The Kier molecular flexibility index (Phi) is 9.03. The minimum absolute atomic E-state index is 0.0789. The normalized spacial score (nSPS) is 18.2. The monoisotopic (exact) mass is 626 g/mol. The molecule has 0 unspecified atom stereocenters. The predicted octanol–water partition coefficient (Wildman–Crippen LogP) is 6.48. The van der Waals surface area contributed by atoms with Crippen LogP contribution in [-0.4, -0.2) is 59.6 Å². The first-order chi connectivity index (χ1) is 20.9. The minimum Gasteiger partial charge on any atom is -0.375 e. The number of thiophene rings is 1. The lowest BCUT2D eigenvalue weighted by Gasteiger charge is -2.34. The average Bonchev–Trinajstić information content (AvgIpc) is 3.44. The van der Waals surface area contributed by atoms with E-state index in [1.54, 1.807) is 13.0 Å². The standard InChI is InChI=1S/C32H37F3N6O2S/c1-6-18(2)24(14-20-17-40(4)12-13-41(20)5)36-26-16-25(38-39-30(26)42)21-9-10-23(33)29(19(21)3)37-31(43)28-15-22-27(44-28)8-7-11-32(22,34)35/h9-10,14-16H,6-8,11-13,17H2,1-5H3,(H,36,38)(H,37,43)(H,39,42)/b20-14-,24-18?. The second-order valence-electron chi connectivity index (χ2n) is 11.5. The fourth-order valence-corrected chi connectivity index (χ4v) is 6.58. The Morgan fingerprint density at radius 1 is 1.20 bits per heavy atom. The number of allylic oxidation sites excluding steroid dienone is 2. The second-order valence-corrected chi connectivity index (χ2v) is 12.7. The molecule has 2 aliphatic rings. The number of hydrogen-bond acceptors (Lipinski definition) is 7. The molecule has 1 aromatic carbocycles. The van der Waals surface area contributed by atoms with E-state index in [2.05, 4.69) is 43.8 Å². The highest BCUT2D eigenvalue weighted by molar-refractivity contribution is 7.14. The van der Waals surface area contributed by atoms with Gasteiger partial charge in [-0.1, -0.05) is 12.5 Å². The molecule has 8 nitrogen and oxygen atoms in total. The lowest BCUT2D eigenvalue weighted by Crippen LogP contribution is -2.40. The number of fused-ring (bicyclic) bond motifs is 1. The van der Waals surface area contributed by atoms with E-state index in [1.165, 1.54) is 18.2 Å². The summed E-state index contributed by atoms with van der Waals surface area (Å²) in [6.07, 6.45) is 3.41. The van der Waals surface area contributed by atoms with Crippen LogP contribution in [0.4, 0.5) is 24.5 Å². The number of benzene rings is 1. The van der Waals surface area contributed by atoms with Crippen LogP contribution in [0.2, 0.25) is 0 Å². The highest BCUT2D eigenvalue weighted by atomic mass is 32.1. The molecule has 3 N–H and O–H groups in total. The molecule has 0 spiro atoms. The number of nitrogens with one attached hydrogen (secondary N) is 3. The van der Waals surface area contributed by atoms with Gasteiger partial charge in [-0.05, 0) is 76.1 Å². The molecule has 3 aromatic rings. The van der Waals surface area contributed by atoms with Gasteiger partial charge < -0.3 is 15.5 Å². The summed E-state index contributed by atoms with van der Waals surface area (Å²) in [6.45, 7) is 8.32. The van der Waals surface area contributed by atoms with Crippen molar-refractivity contribution < 1.29 is 18.0 Å². The highest BCUT2D eigenvalue weighted by Gasteiger charge is 2.39. The quantitative estimate of drug-likeness (QED) is 0.278. The minimum atomic E-state index is -2.98. The SMILES string of the molecule is CCC(C)=C(/C=C1/CN(C)CCN1C)Nc1cc(-c2ccc(F)c(NC(=O)c3cc4c(s3)CCCC4(F)F)c2C)n[nH]c1=O. The van der Waals surface area contributed by atoms with Crippen LogP contribution in [0.25, 0.3) is 11.3 Å². The van der Waals surface area contributed by atoms with E-state index < -0.39 is 23.2 Å². The number of likely N-dealkylation sites (N-methyl/N-ethyl adjacent to an activating group) is 2. The topological polar surface area (TPSA) is 93.4 Å². The number of nitrogens with zero attached hydrogens (tertiary/aromatic N) is 3. The van der Waals surface area contributed by atoms with Crippen molar-refractivity contribution >= 4 is 28.6 Å². The summed E-state index contributed by atoms with van der Waals surface area (Å²) in [5, 5.41) is 12.6. The van der Waals surface area contributed by atoms with Crippen molar-refractivity contribution in [3.05, 3.63) is 84.4 Å². The lowest BCUT2D eigenvalue weighted by atomic mass is 9.95. The molecule has 1 saturated heterocycles. The number of alkyl halides is 2. The molecule has 5 rings (SSSR count). The lowest BCUT2D eigenvalue weighted by molar-refractivity contribution is -0.0208. The fourth-order valence-electron chi connectivity index (χ4n) is 5.43. The molecule has 12 heteroatoms. The van der Waals surface area contributed by atoms with E-state index in [0.29, 0.717) is 34.5 Å². The smallest absolute Gasteiger partial charge is 0.287 e. The van der Waals surface area contributed by atoms with Crippen LogP contribution in [-0.2, 0) is 12.3 Å². The molecule has 1 fully saturated rings. The van der Waals surface area contributed by atoms with Gasteiger partial charge in [0.05, 0.1) is 16.3 Å². The highest BCUT2D eigenvalue weighted by Crippen LogP contribution is 2.44. The molecule has 234 valence electrons. The molecule has 2 aromatic heterocycles. The molecule has 0 radical (unpaired) electrons. The Balaban J connectivity index is 1.45.